The van der Waals surface area contributed by atoms with Crippen molar-refractivity contribution >= 4 is 23.3 Å². The lowest BCUT2D eigenvalue weighted by Crippen LogP contribution is -2.47. The molecule has 148 valence electrons. The van der Waals surface area contributed by atoms with E-state index in [1.807, 2.05) is 11.9 Å². The Hall–Kier alpha value is -3.13. The lowest BCUT2D eigenvalue weighted by atomic mass is 10.1. The van der Waals surface area contributed by atoms with Crippen LogP contribution in [0.2, 0.25) is 0 Å². The molecule has 0 saturated carbocycles. The van der Waals surface area contributed by atoms with Gasteiger partial charge >= 0.3 is 0 Å². The molecule has 0 aliphatic carbocycles. The fraction of sp³-hybridized carbons (Fsp3) is 0.350. The van der Waals surface area contributed by atoms with Gasteiger partial charge in [0.25, 0.3) is 11.8 Å². The second-order valence-electron chi connectivity index (χ2n) is 6.65. The first-order chi connectivity index (χ1) is 13.5. The summed E-state index contributed by atoms with van der Waals surface area (Å²) in [5.41, 5.74) is 1.38. The van der Waals surface area contributed by atoms with Crippen molar-refractivity contribution in [2.45, 2.75) is 0 Å². The van der Waals surface area contributed by atoms with Gasteiger partial charge in [-0.3, -0.25) is 9.59 Å². The number of likely N-dealkylation sites (N-methyl/N-ethyl adjacent to an activating group) is 1. The Balaban J connectivity index is 1.78. The molecule has 1 aromatic carbocycles. The molecule has 2 aromatic rings. The smallest absolute Gasteiger partial charge is 0.257 e. The maximum atomic E-state index is 12.8. The van der Waals surface area contributed by atoms with Gasteiger partial charge in [0.1, 0.15) is 11.6 Å². The average molecular weight is 383 g/mol. The van der Waals surface area contributed by atoms with E-state index < -0.39 is 0 Å². The predicted octanol–water partition coefficient (Wildman–Crippen LogP) is 1.77. The van der Waals surface area contributed by atoms with E-state index in [2.05, 4.69) is 20.5 Å². The number of nitrogens with one attached hydrogen (secondary N) is 2. The standard InChI is InChI=1S/C20H25N5O3/c1-21-18-7-5-15(13-22-18)19(26)23-16-12-14(4-6-17(16)28-3)20(27)25-10-8-24(2)9-11-25/h4-7,12-13H,8-11H2,1-3H3,(H,21,22)(H,23,26). The van der Waals surface area contributed by atoms with Gasteiger partial charge in [0.05, 0.1) is 18.4 Å². The number of amides is 2. The Morgan fingerprint density at radius 3 is 2.39 bits per heavy atom. The quantitative estimate of drug-likeness (QED) is 0.818. The maximum absolute atomic E-state index is 12.8. The monoisotopic (exact) mass is 383 g/mol. The molecular weight excluding hydrogens is 358 g/mol. The van der Waals surface area contributed by atoms with Crippen molar-refractivity contribution < 1.29 is 14.3 Å². The minimum atomic E-state index is -0.322. The van der Waals surface area contributed by atoms with Crippen LogP contribution < -0.4 is 15.4 Å². The first kappa shape index (κ1) is 19.6. The van der Waals surface area contributed by atoms with Crippen molar-refractivity contribution in [1.82, 2.24) is 14.8 Å². The highest BCUT2D eigenvalue weighted by atomic mass is 16.5. The number of pyridine rings is 1. The number of carbonyl (C=O) groups excluding carboxylic acids is 2. The van der Waals surface area contributed by atoms with Crippen LogP contribution >= 0.6 is 0 Å². The summed E-state index contributed by atoms with van der Waals surface area (Å²) >= 11 is 0. The summed E-state index contributed by atoms with van der Waals surface area (Å²) in [4.78, 5) is 33.6. The van der Waals surface area contributed by atoms with Gasteiger partial charge in [-0.15, -0.1) is 0 Å². The molecule has 0 radical (unpaired) electrons. The summed E-state index contributed by atoms with van der Waals surface area (Å²) in [6.45, 7) is 3.07. The zero-order valence-corrected chi connectivity index (χ0v) is 16.4. The summed E-state index contributed by atoms with van der Waals surface area (Å²) in [5, 5.41) is 5.72. The number of piperazine rings is 1. The van der Waals surface area contributed by atoms with Crippen molar-refractivity contribution in [3.05, 3.63) is 47.7 Å². The third-order valence-electron chi connectivity index (χ3n) is 4.77. The SMILES string of the molecule is CNc1ccc(C(=O)Nc2cc(C(=O)N3CCN(C)CC3)ccc2OC)cn1. The van der Waals surface area contributed by atoms with E-state index in [1.165, 1.54) is 13.3 Å². The van der Waals surface area contributed by atoms with Crippen molar-refractivity contribution in [1.29, 1.82) is 0 Å². The minimum Gasteiger partial charge on any atom is -0.495 e. The van der Waals surface area contributed by atoms with Crippen LogP contribution in [0.4, 0.5) is 11.5 Å². The third kappa shape index (κ3) is 4.40. The van der Waals surface area contributed by atoms with E-state index in [0.29, 0.717) is 41.5 Å². The second-order valence-corrected chi connectivity index (χ2v) is 6.65. The number of hydrogen-bond acceptors (Lipinski definition) is 6. The molecule has 1 saturated heterocycles. The highest BCUT2D eigenvalue weighted by Gasteiger charge is 2.21. The van der Waals surface area contributed by atoms with Crippen LogP contribution in [0, 0.1) is 0 Å². The molecular formula is C20H25N5O3. The van der Waals surface area contributed by atoms with Gasteiger partial charge in [-0.25, -0.2) is 4.98 Å². The lowest BCUT2D eigenvalue weighted by Gasteiger charge is -2.32. The van der Waals surface area contributed by atoms with Crippen molar-refractivity contribution in [3.8, 4) is 5.75 Å². The number of benzene rings is 1. The third-order valence-corrected chi connectivity index (χ3v) is 4.77. The summed E-state index contributed by atoms with van der Waals surface area (Å²) in [5.74, 6) is 0.793. The summed E-state index contributed by atoms with van der Waals surface area (Å²) in [7, 11) is 5.33. The van der Waals surface area contributed by atoms with Gasteiger partial charge in [-0.05, 0) is 37.4 Å². The number of anilines is 2. The van der Waals surface area contributed by atoms with E-state index in [1.54, 1.807) is 37.4 Å². The molecule has 0 spiro atoms. The summed E-state index contributed by atoms with van der Waals surface area (Å²) < 4.78 is 5.34. The normalized spacial score (nSPS) is 14.5. The molecule has 8 heteroatoms. The number of carbonyl (C=O) groups is 2. The summed E-state index contributed by atoms with van der Waals surface area (Å²) in [6, 6.07) is 8.48. The number of ether oxygens (including phenoxy) is 1. The van der Waals surface area contributed by atoms with Crippen LogP contribution in [-0.2, 0) is 0 Å². The van der Waals surface area contributed by atoms with E-state index >= 15 is 0 Å². The van der Waals surface area contributed by atoms with E-state index in [-0.39, 0.29) is 11.8 Å². The zero-order chi connectivity index (χ0) is 20.1. The molecule has 1 aliphatic heterocycles. The van der Waals surface area contributed by atoms with Gasteiger partial charge < -0.3 is 25.2 Å². The second kappa shape index (κ2) is 8.71. The molecule has 0 atom stereocenters. The van der Waals surface area contributed by atoms with Crippen LogP contribution in [0.1, 0.15) is 20.7 Å². The van der Waals surface area contributed by atoms with Crippen LogP contribution in [-0.4, -0.2) is 74.0 Å². The van der Waals surface area contributed by atoms with E-state index in [4.69, 9.17) is 4.74 Å². The molecule has 2 heterocycles. The molecule has 0 unspecified atom stereocenters. The fourth-order valence-corrected chi connectivity index (χ4v) is 3.00. The summed E-state index contributed by atoms with van der Waals surface area (Å²) in [6.07, 6.45) is 1.49. The Morgan fingerprint density at radius 1 is 1.07 bits per heavy atom. The van der Waals surface area contributed by atoms with Crippen LogP contribution in [0.25, 0.3) is 0 Å². The highest BCUT2D eigenvalue weighted by molar-refractivity contribution is 6.06. The largest absolute Gasteiger partial charge is 0.495 e. The molecule has 28 heavy (non-hydrogen) atoms. The molecule has 8 nitrogen and oxygen atoms in total. The first-order valence-corrected chi connectivity index (χ1v) is 9.13. The number of nitrogens with zero attached hydrogens (tertiary/aromatic N) is 3. The fourth-order valence-electron chi connectivity index (χ4n) is 3.00. The number of aromatic nitrogens is 1. The molecule has 0 bridgehead atoms. The molecule has 1 aliphatic rings. The van der Waals surface area contributed by atoms with E-state index in [9.17, 15) is 9.59 Å². The zero-order valence-electron chi connectivity index (χ0n) is 16.4. The van der Waals surface area contributed by atoms with Crippen LogP contribution in [0.15, 0.2) is 36.5 Å². The molecule has 1 fully saturated rings. The van der Waals surface area contributed by atoms with Crippen LogP contribution in [0.3, 0.4) is 0 Å². The lowest BCUT2D eigenvalue weighted by molar-refractivity contribution is 0.0664. The van der Waals surface area contributed by atoms with Crippen LogP contribution in [0.5, 0.6) is 5.75 Å². The maximum Gasteiger partial charge on any atom is 0.257 e. The number of methoxy groups -OCH3 is 1. The topological polar surface area (TPSA) is 86.8 Å². The molecule has 2 N–H and O–H groups in total. The van der Waals surface area contributed by atoms with Crippen molar-refractivity contribution in [2.75, 3.05) is 58.0 Å². The van der Waals surface area contributed by atoms with Gasteiger partial charge in [-0.2, -0.15) is 0 Å². The Morgan fingerprint density at radius 2 is 1.79 bits per heavy atom. The Labute approximate surface area is 164 Å². The predicted molar refractivity (Wildman–Crippen MR) is 108 cm³/mol. The molecule has 2 amide bonds. The molecule has 3 rings (SSSR count). The van der Waals surface area contributed by atoms with Gasteiger partial charge in [-0.1, -0.05) is 0 Å². The Bertz CT molecular complexity index is 845. The first-order valence-electron chi connectivity index (χ1n) is 9.13. The molecule has 1 aromatic heterocycles. The van der Waals surface area contributed by atoms with Crippen molar-refractivity contribution in [3.63, 3.8) is 0 Å². The van der Waals surface area contributed by atoms with Gasteiger partial charge in [0, 0.05) is 45.0 Å². The van der Waals surface area contributed by atoms with Gasteiger partial charge in [0.15, 0.2) is 0 Å². The average Bonchev–Trinajstić information content (AvgIpc) is 2.73. The number of hydrogen-bond donors (Lipinski definition) is 2. The van der Waals surface area contributed by atoms with Crippen molar-refractivity contribution in [2.24, 2.45) is 0 Å². The minimum absolute atomic E-state index is 0.0497. The number of rotatable bonds is 5. The van der Waals surface area contributed by atoms with Gasteiger partial charge in [0.2, 0.25) is 0 Å². The van der Waals surface area contributed by atoms with E-state index in [0.717, 1.165) is 13.1 Å². The Kier molecular flexibility index (Phi) is 6.10. The highest BCUT2D eigenvalue weighted by Crippen LogP contribution is 2.27.